The summed E-state index contributed by atoms with van der Waals surface area (Å²) in [6, 6.07) is 0. The zero-order valence-electron chi connectivity index (χ0n) is 11.2. The Labute approximate surface area is 101 Å². The molecule has 0 spiro atoms. The second kappa shape index (κ2) is 5.08. The molecule has 2 aliphatic rings. The summed E-state index contributed by atoms with van der Waals surface area (Å²) >= 11 is 0. The van der Waals surface area contributed by atoms with Crippen LogP contribution in [0.4, 0.5) is 0 Å². The average molecular weight is 223 g/mol. The van der Waals surface area contributed by atoms with Gasteiger partial charge in [-0.3, -0.25) is 0 Å². The molecule has 1 heteroatoms. The van der Waals surface area contributed by atoms with E-state index in [1.807, 2.05) is 0 Å². The Morgan fingerprint density at radius 3 is 2.38 bits per heavy atom. The van der Waals surface area contributed by atoms with Gasteiger partial charge in [-0.25, -0.2) is 0 Å². The topological polar surface area (TPSA) is 26.0 Å². The summed E-state index contributed by atoms with van der Waals surface area (Å²) in [7, 11) is 0. The van der Waals surface area contributed by atoms with Gasteiger partial charge in [-0.15, -0.1) is 0 Å². The summed E-state index contributed by atoms with van der Waals surface area (Å²) in [5.41, 5.74) is 7.02. The first kappa shape index (κ1) is 12.4. The predicted octanol–water partition coefficient (Wildman–Crippen LogP) is 4.11. The van der Waals surface area contributed by atoms with Crippen molar-refractivity contribution in [2.75, 3.05) is 0 Å². The maximum absolute atomic E-state index is 6.84. The normalized spacial score (nSPS) is 42.2. The smallest absolute Gasteiger partial charge is 0.0211 e. The fourth-order valence-corrected chi connectivity index (χ4v) is 4.12. The molecule has 3 unspecified atom stereocenters. The Kier molecular flexibility index (Phi) is 3.94. The van der Waals surface area contributed by atoms with E-state index in [0.29, 0.717) is 0 Å². The Morgan fingerprint density at radius 2 is 1.75 bits per heavy atom. The van der Waals surface area contributed by atoms with Gasteiger partial charge in [0.15, 0.2) is 0 Å². The average Bonchev–Trinajstić information content (AvgIpc) is 2.34. The SMILES string of the molecule is CCC1CCC(C)C(N)(C2CCCCC2)C1. The molecule has 0 bridgehead atoms. The summed E-state index contributed by atoms with van der Waals surface area (Å²) in [5.74, 6) is 2.48. The third kappa shape index (κ3) is 2.30. The van der Waals surface area contributed by atoms with Crippen molar-refractivity contribution >= 4 is 0 Å². The molecule has 16 heavy (non-hydrogen) atoms. The van der Waals surface area contributed by atoms with Crippen LogP contribution in [0.15, 0.2) is 0 Å². The van der Waals surface area contributed by atoms with Crippen LogP contribution in [0.2, 0.25) is 0 Å². The van der Waals surface area contributed by atoms with Gasteiger partial charge in [0.25, 0.3) is 0 Å². The number of rotatable bonds is 2. The van der Waals surface area contributed by atoms with E-state index in [0.717, 1.165) is 17.8 Å². The van der Waals surface area contributed by atoms with Crippen LogP contribution in [0, 0.1) is 17.8 Å². The van der Waals surface area contributed by atoms with Crippen molar-refractivity contribution in [3.63, 3.8) is 0 Å². The highest BCUT2D eigenvalue weighted by molar-refractivity contribution is 5.00. The van der Waals surface area contributed by atoms with Crippen LogP contribution in [-0.2, 0) is 0 Å². The molecule has 2 fully saturated rings. The summed E-state index contributed by atoms with van der Waals surface area (Å²) in [6.07, 6.45) is 12.5. The zero-order valence-corrected chi connectivity index (χ0v) is 11.2. The highest BCUT2D eigenvalue weighted by Crippen LogP contribution is 2.45. The van der Waals surface area contributed by atoms with Crippen LogP contribution in [0.3, 0.4) is 0 Å². The Hall–Kier alpha value is -0.0400. The first-order valence-corrected chi connectivity index (χ1v) is 7.45. The third-order valence-corrected chi connectivity index (χ3v) is 5.51. The van der Waals surface area contributed by atoms with Crippen molar-refractivity contribution in [3.05, 3.63) is 0 Å². The summed E-state index contributed by atoms with van der Waals surface area (Å²) in [6.45, 7) is 4.74. The van der Waals surface area contributed by atoms with E-state index >= 15 is 0 Å². The first-order chi connectivity index (χ1) is 7.66. The van der Waals surface area contributed by atoms with Crippen LogP contribution in [0.5, 0.6) is 0 Å². The van der Waals surface area contributed by atoms with Gasteiger partial charge in [0, 0.05) is 5.54 Å². The molecular weight excluding hydrogens is 194 g/mol. The standard InChI is InChI=1S/C15H29N/c1-3-13-10-9-12(2)15(16,11-13)14-7-5-4-6-8-14/h12-14H,3-11,16H2,1-2H3. The molecule has 0 aromatic rings. The molecule has 2 aliphatic carbocycles. The molecule has 2 N–H and O–H groups in total. The number of nitrogens with two attached hydrogens (primary N) is 1. The lowest BCUT2D eigenvalue weighted by molar-refractivity contribution is 0.0691. The van der Waals surface area contributed by atoms with Crippen molar-refractivity contribution in [1.29, 1.82) is 0 Å². The van der Waals surface area contributed by atoms with Crippen LogP contribution < -0.4 is 5.73 Å². The molecule has 0 aromatic carbocycles. The van der Waals surface area contributed by atoms with E-state index in [2.05, 4.69) is 13.8 Å². The summed E-state index contributed by atoms with van der Waals surface area (Å²) < 4.78 is 0. The van der Waals surface area contributed by atoms with Gasteiger partial charge in [-0.2, -0.15) is 0 Å². The largest absolute Gasteiger partial charge is 0.325 e. The van der Waals surface area contributed by atoms with E-state index in [-0.39, 0.29) is 5.54 Å². The zero-order chi connectivity index (χ0) is 11.6. The van der Waals surface area contributed by atoms with Gasteiger partial charge in [0.05, 0.1) is 0 Å². The van der Waals surface area contributed by atoms with E-state index in [4.69, 9.17) is 5.73 Å². The molecule has 0 heterocycles. The molecule has 0 amide bonds. The number of hydrogen-bond donors (Lipinski definition) is 1. The molecule has 0 aliphatic heterocycles. The predicted molar refractivity (Wildman–Crippen MR) is 70.3 cm³/mol. The third-order valence-electron chi connectivity index (χ3n) is 5.51. The van der Waals surface area contributed by atoms with Gasteiger partial charge in [0.1, 0.15) is 0 Å². The number of hydrogen-bond acceptors (Lipinski definition) is 1. The van der Waals surface area contributed by atoms with Crippen LogP contribution in [0.25, 0.3) is 0 Å². The molecule has 2 rings (SSSR count). The Balaban J connectivity index is 2.06. The second-order valence-corrected chi connectivity index (χ2v) is 6.40. The van der Waals surface area contributed by atoms with E-state index in [1.165, 1.54) is 57.8 Å². The van der Waals surface area contributed by atoms with Crippen molar-refractivity contribution in [3.8, 4) is 0 Å². The lowest BCUT2D eigenvalue weighted by Gasteiger charge is -2.49. The quantitative estimate of drug-likeness (QED) is 0.749. The maximum atomic E-state index is 6.84. The molecule has 0 radical (unpaired) electrons. The van der Waals surface area contributed by atoms with Gasteiger partial charge in [-0.1, -0.05) is 46.0 Å². The second-order valence-electron chi connectivity index (χ2n) is 6.40. The van der Waals surface area contributed by atoms with Crippen molar-refractivity contribution in [2.45, 2.75) is 77.2 Å². The van der Waals surface area contributed by atoms with Crippen LogP contribution in [-0.4, -0.2) is 5.54 Å². The molecular formula is C15H29N. The monoisotopic (exact) mass is 223 g/mol. The van der Waals surface area contributed by atoms with Gasteiger partial charge in [0.2, 0.25) is 0 Å². The van der Waals surface area contributed by atoms with E-state index in [9.17, 15) is 0 Å². The van der Waals surface area contributed by atoms with Crippen molar-refractivity contribution in [1.82, 2.24) is 0 Å². The fraction of sp³-hybridized carbons (Fsp3) is 1.00. The highest BCUT2D eigenvalue weighted by atomic mass is 14.8. The summed E-state index contributed by atoms with van der Waals surface area (Å²) in [5, 5.41) is 0. The molecule has 3 atom stereocenters. The summed E-state index contributed by atoms with van der Waals surface area (Å²) in [4.78, 5) is 0. The minimum absolute atomic E-state index is 0.180. The Morgan fingerprint density at radius 1 is 1.06 bits per heavy atom. The minimum atomic E-state index is 0.180. The molecule has 1 nitrogen and oxygen atoms in total. The highest BCUT2D eigenvalue weighted by Gasteiger charge is 2.43. The minimum Gasteiger partial charge on any atom is -0.325 e. The van der Waals surface area contributed by atoms with Crippen LogP contribution in [0.1, 0.15) is 71.6 Å². The van der Waals surface area contributed by atoms with Gasteiger partial charge < -0.3 is 5.73 Å². The van der Waals surface area contributed by atoms with Gasteiger partial charge in [-0.05, 0) is 43.4 Å². The Bertz CT molecular complexity index is 219. The van der Waals surface area contributed by atoms with Crippen LogP contribution >= 0.6 is 0 Å². The molecule has 0 aromatic heterocycles. The van der Waals surface area contributed by atoms with Crippen molar-refractivity contribution < 1.29 is 0 Å². The maximum Gasteiger partial charge on any atom is 0.0211 e. The van der Waals surface area contributed by atoms with E-state index in [1.54, 1.807) is 0 Å². The fourth-order valence-electron chi connectivity index (χ4n) is 4.12. The lowest BCUT2D eigenvalue weighted by Crippen LogP contribution is -2.56. The molecule has 2 saturated carbocycles. The molecule has 94 valence electrons. The lowest BCUT2D eigenvalue weighted by atomic mass is 9.60. The first-order valence-electron chi connectivity index (χ1n) is 7.45. The van der Waals surface area contributed by atoms with E-state index < -0.39 is 0 Å². The molecule has 0 saturated heterocycles. The van der Waals surface area contributed by atoms with Crippen molar-refractivity contribution in [2.24, 2.45) is 23.5 Å². The van der Waals surface area contributed by atoms with Gasteiger partial charge >= 0.3 is 0 Å².